The Balaban J connectivity index is 1.77. The monoisotopic (exact) mass is 301 g/mol. The highest BCUT2D eigenvalue weighted by atomic mass is 19.1. The summed E-state index contributed by atoms with van der Waals surface area (Å²) in [4.78, 5) is 19.9. The van der Waals surface area contributed by atoms with E-state index in [1.54, 1.807) is 12.4 Å². The number of hydrogen-bond donors (Lipinski definition) is 1. The normalized spacial score (nSPS) is 21.3. The van der Waals surface area contributed by atoms with Crippen molar-refractivity contribution in [3.63, 3.8) is 0 Å². The number of halogens is 1. The fraction of sp³-hybridized carbons (Fsp3) is 0.312. The summed E-state index contributed by atoms with van der Waals surface area (Å²) in [5.74, 6) is -1.08. The van der Waals surface area contributed by atoms with Crippen LogP contribution in [-0.2, 0) is 4.74 Å². The molecule has 0 saturated carbocycles. The second-order valence-electron chi connectivity index (χ2n) is 5.15. The molecule has 0 bridgehead atoms. The van der Waals surface area contributed by atoms with Gasteiger partial charge < -0.3 is 10.1 Å². The first kappa shape index (κ1) is 14.6. The minimum Gasteiger partial charge on any atom is -0.371 e. The van der Waals surface area contributed by atoms with Gasteiger partial charge in [-0.3, -0.25) is 14.8 Å². The summed E-state index contributed by atoms with van der Waals surface area (Å²) in [5, 5.41) is 2.87. The van der Waals surface area contributed by atoms with Crippen molar-refractivity contribution in [2.45, 2.75) is 25.0 Å². The van der Waals surface area contributed by atoms with Crippen molar-refractivity contribution < 1.29 is 13.9 Å². The van der Waals surface area contributed by atoms with Gasteiger partial charge in [0.2, 0.25) is 0 Å². The SMILES string of the molecule is O=C(N[C@H]1CCCO[C@@H]1c1ccncc1)c1ccncc1F. The van der Waals surface area contributed by atoms with Crippen LogP contribution in [0.2, 0.25) is 0 Å². The van der Waals surface area contributed by atoms with E-state index in [1.807, 2.05) is 12.1 Å². The summed E-state index contributed by atoms with van der Waals surface area (Å²) in [6.45, 7) is 0.642. The van der Waals surface area contributed by atoms with E-state index in [0.29, 0.717) is 6.61 Å². The molecule has 1 aliphatic rings. The van der Waals surface area contributed by atoms with Gasteiger partial charge in [0.25, 0.3) is 5.91 Å². The van der Waals surface area contributed by atoms with Gasteiger partial charge in [-0.2, -0.15) is 0 Å². The number of amides is 1. The molecule has 5 nitrogen and oxygen atoms in total. The van der Waals surface area contributed by atoms with Crippen molar-refractivity contribution in [2.75, 3.05) is 6.61 Å². The molecule has 0 unspecified atom stereocenters. The number of pyridine rings is 2. The van der Waals surface area contributed by atoms with Crippen LogP contribution in [0.1, 0.15) is 34.9 Å². The van der Waals surface area contributed by atoms with Gasteiger partial charge in [-0.25, -0.2) is 4.39 Å². The van der Waals surface area contributed by atoms with Crippen molar-refractivity contribution in [1.29, 1.82) is 0 Å². The van der Waals surface area contributed by atoms with Gasteiger partial charge >= 0.3 is 0 Å². The predicted molar refractivity (Wildman–Crippen MR) is 77.6 cm³/mol. The molecule has 1 amide bonds. The molecule has 6 heteroatoms. The number of nitrogens with zero attached hydrogens (tertiary/aromatic N) is 2. The van der Waals surface area contributed by atoms with Crippen LogP contribution >= 0.6 is 0 Å². The first-order chi connectivity index (χ1) is 10.8. The summed E-state index contributed by atoms with van der Waals surface area (Å²) >= 11 is 0. The van der Waals surface area contributed by atoms with Gasteiger partial charge in [-0.15, -0.1) is 0 Å². The number of aromatic nitrogens is 2. The summed E-state index contributed by atoms with van der Waals surface area (Å²) < 4.78 is 19.4. The van der Waals surface area contributed by atoms with Crippen molar-refractivity contribution in [3.05, 3.63) is 59.9 Å². The molecule has 22 heavy (non-hydrogen) atoms. The average molecular weight is 301 g/mol. The van der Waals surface area contributed by atoms with Gasteiger partial charge in [0.1, 0.15) is 6.10 Å². The molecule has 1 aliphatic heterocycles. The lowest BCUT2D eigenvalue weighted by atomic mass is 9.96. The first-order valence-corrected chi connectivity index (χ1v) is 7.17. The molecule has 3 rings (SSSR count). The zero-order chi connectivity index (χ0) is 15.4. The van der Waals surface area contributed by atoms with Crippen LogP contribution in [0, 0.1) is 5.82 Å². The molecule has 2 atom stereocenters. The van der Waals surface area contributed by atoms with Gasteiger partial charge in [0, 0.05) is 25.2 Å². The second kappa shape index (κ2) is 6.62. The van der Waals surface area contributed by atoms with E-state index in [1.165, 1.54) is 12.3 Å². The maximum atomic E-state index is 13.7. The summed E-state index contributed by atoms with van der Waals surface area (Å²) in [6.07, 6.45) is 7.20. The van der Waals surface area contributed by atoms with Crippen LogP contribution in [0.5, 0.6) is 0 Å². The minimum atomic E-state index is -0.628. The summed E-state index contributed by atoms with van der Waals surface area (Å²) in [7, 11) is 0. The molecule has 1 N–H and O–H groups in total. The summed E-state index contributed by atoms with van der Waals surface area (Å²) in [6, 6.07) is 4.90. The Bertz CT molecular complexity index is 651. The van der Waals surface area contributed by atoms with Gasteiger partial charge in [-0.05, 0) is 36.6 Å². The van der Waals surface area contributed by atoms with E-state index in [-0.39, 0.29) is 17.7 Å². The van der Waals surface area contributed by atoms with E-state index in [2.05, 4.69) is 15.3 Å². The maximum Gasteiger partial charge on any atom is 0.254 e. The van der Waals surface area contributed by atoms with Crippen molar-refractivity contribution in [1.82, 2.24) is 15.3 Å². The van der Waals surface area contributed by atoms with E-state index in [0.717, 1.165) is 24.6 Å². The molecule has 1 saturated heterocycles. The van der Waals surface area contributed by atoms with Crippen molar-refractivity contribution >= 4 is 5.91 Å². The first-order valence-electron chi connectivity index (χ1n) is 7.17. The van der Waals surface area contributed by atoms with Gasteiger partial charge in [-0.1, -0.05) is 0 Å². The van der Waals surface area contributed by atoms with E-state index < -0.39 is 11.7 Å². The molecule has 3 heterocycles. The number of carbonyl (C=O) groups is 1. The smallest absolute Gasteiger partial charge is 0.254 e. The van der Waals surface area contributed by atoms with Crippen LogP contribution in [0.4, 0.5) is 4.39 Å². The summed E-state index contributed by atoms with van der Waals surface area (Å²) in [5.41, 5.74) is 0.948. The third-order valence-electron chi connectivity index (χ3n) is 3.69. The van der Waals surface area contributed by atoms with Crippen LogP contribution in [0.3, 0.4) is 0 Å². The lowest BCUT2D eigenvalue weighted by Crippen LogP contribution is -2.43. The van der Waals surface area contributed by atoms with E-state index in [4.69, 9.17) is 4.74 Å². The molecule has 0 aromatic carbocycles. The highest BCUT2D eigenvalue weighted by Crippen LogP contribution is 2.28. The molecule has 114 valence electrons. The highest BCUT2D eigenvalue weighted by Gasteiger charge is 2.29. The zero-order valence-electron chi connectivity index (χ0n) is 11.9. The van der Waals surface area contributed by atoms with Gasteiger partial charge in [0.05, 0.1) is 17.8 Å². The van der Waals surface area contributed by atoms with E-state index >= 15 is 0 Å². The predicted octanol–water partition coefficient (Wildman–Crippen LogP) is 2.27. The standard InChI is InChI=1S/C16H16FN3O2/c17-13-10-19-8-5-12(13)16(21)20-14-2-1-9-22-15(14)11-3-6-18-7-4-11/h3-8,10,14-15H,1-2,9H2,(H,20,21)/t14-,15+/m0/s1. The molecule has 1 fully saturated rings. The van der Waals surface area contributed by atoms with E-state index in [9.17, 15) is 9.18 Å². The molecule has 0 aliphatic carbocycles. The Morgan fingerprint density at radius 3 is 2.77 bits per heavy atom. The fourth-order valence-electron chi connectivity index (χ4n) is 2.62. The Labute approximate surface area is 127 Å². The third kappa shape index (κ3) is 3.12. The Kier molecular flexibility index (Phi) is 4.39. The topological polar surface area (TPSA) is 64.1 Å². The van der Waals surface area contributed by atoms with Crippen molar-refractivity contribution in [3.8, 4) is 0 Å². The van der Waals surface area contributed by atoms with Crippen LogP contribution in [0.15, 0.2) is 43.0 Å². The molecule has 0 spiro atoms. The zero-order valence-corrected chi connectivity index (χ0v) is 11.9. The lowest BCUT2D eigenvalue weighted by Gasteiger charge is -2.32. The maximum absolute atomic E-state index is 13.7. The Hall–Kier alpha value is -2.34. The lowest BCUT2D eigenvalue weighted by molar-refractivity contribution is -0.00954. The second-order valence-corrected chi connectivity index (χ2v) is 5.15. The highest BCUT2D eigenvalue weighted by molar-refractivity contribution is 5.94. The number of hydrogen-bond acceptors (Lipinski definition) is 4. The van der Waals surface area contributed by atoms with Gasteiger partial charge in [0.15, 0.2) is 5.82 Å². The van der Waals surface area contributed by atoms with Crippen LogP contribution in [0.25, 0.3) is 0 Å². The third-order valence-corrected chi connectivity index (χ3v) is 3.69. The van der Waals surface area contributed by atoms with Crippen LogP contribution in [-0.4, -0.2) is 28.5 Å². The fourth-order valence-corrected chi connectivity index (χ4v) is 2.62. The number of nitrogens with one attached hydrogen (secondary N) is 1. The number of carbonyl (C=O) groups excluding carboxylic acids is 1. The Morgan fingerprint density at radius 1 is 1.23 bits per heavy atom. The molecule has 2 aromatic rings. The molecule has 0 radical (unpaired) electrons. The molecular weight excluding hydrogens is 285 g/mol. The Morgan fingerprint density at radius 2 is 2.00 bits per heavy atom. The largest absolute Gasteiger partial charge is 0.371 e. The molecular formula is C16H16FN3O2. The average Bonchev–Trinajstić information content (AvgIpc) is 2.56. The van der Waals surface area contributed by atoms with Crippen LogP contribution < -0.4 is 5.32 Å². The number of rotatable bonds is 3. The quantitative estimate of drug-likeness (QED) is 0.944. The molecule has 2 aromatic heterocycles. The van der Waals surface area contributed by atoms with Crippen molar-refractivity contribution in [2.24, 2.45) is 0 Å². The number of ether oxygens (including phenoxy) is 1. The minimum absolute atomic E-state index is 0.00551.